The van der Waals surface area contributed by atoms with Crippen molar-refractivity contribution in [2.45, 2.75) is 75.1 Å². The molecule has 210 valence electrons. The third-order valence-corrected chi connectivity index (χ3v) is 7.28. The average molecular weight is 547 g/mol. The van der Waals surface area contributed by atoms with Gasteiger partial charge in [-0.1, -0.05) is 30.3 Å². The van der Waals surface area contributed by atoms with E-state index in [0.29, 0.717) is 5.56 Å². The number of rotatable bonds is 4. The maximum atomic E-state index is 13.1. The molecule has 5 rings (SSSR count). The summed E-state index contributed by atoms with van der Waals surface area (Å²) in [6.45, 7) is 2.88. The molecule has 1 aromatic heterocycles. The fourth-order valence-electron chi connectivity index (χ4n) is 5.03. The molecule has 2 fully saturated rings. The maximum Gasteiger partial charge on any atom is 0.197 e. The predicted molar refractivity (Wildman–Crippen MR) is 134 cm³/mol. The Labute approximate surface area is 221 Å². The van der Waals surface area contributed by atoms with E-state index in [1.54, 1.807) is 30.3 Å². The van der Waals surface area contributed by atoms with Crippen LogP contribution < -0.4 is 5.43 Å². The van der Waals surface area contributed by atoms with Crippen LogP contribution >= 0.6 is 0 Å². The van der Waals surface area contributed by atoms with Crippen LogP contribution in [-0.4, -0.2) is 90.9 Å². The molecule has 0 radical (unpaired) electrons. The number of aliphatic hydroxyl groups excluding tert-OH is 5. The summed E-state index contributed by atoms with van der Waals surface area (Å²) in [5.41, 5.74) is -0.460. The molecule has 39 heavy (non-hydrogen) atoms. The van der Waals surface area contributed by atoms with Gasteiger partial charge in [-0.3, -0.25) is 4.79 Å². The van der Waals surface area contributed by atoms with Crippen molar-refractivity contribution in [1.29, 1.82) is 0 Å². The van der Waals surface area contributed by atoms with Crippen molar-refractivity contribution in [1.82, 2.24) is 0 Å². The Morgan fingerprint density at radius 3 is 2.13 bits per heavy atom. The SMILES string of the molecule is C[C@@H]1O[C@@H](O[C@H]2[C@H](O)[C@H](O)[C@H](C)O[C@@H]2c2c(O)cc3oc(-c4ccccc4)cc(=O)c3c2O)[C@H](O)[C@H](O)[C@H]1O. The molecule has 2 aromatic carbocycles. The molecule has 2 saturated heterocycles. The topological polar surface area (TPSA) is 200 Å². The van der Waals surface area contributed by atoms with Crippen molar-refractivity contribution >= 4 is 11.0 Å². The molecule has 12 nitrogen and oxygen atoms in total. The second-order valence-electron chi connectivity index (χ2n) is 9.90. The quantitative estimate of drug-likeness (QED) is 0.236. The van der Waals surface area contributed by atoms with Crippen molar-refractivity contribution in [2.75, 3.05) is 0 Å². The Morgan fingerprint density at radius 2 is 1.44 bits per heavy atom. The summed E-state index contributed by atoms with van der Waals surface area (Å²) >= 11 is 0. The van der Waals surface area contributed by atoms with E-state index in [1.807, 2.05) is 0 Å². The molecule has 10 atom stereocenters. The lowest BCUT2D eigenvalue weighted by atomic mass is 9.89. The number of hydrogen-bond donors (Lipinski definition) is 7. The van der Waals surface area contributed by atoms with E-state index in [-0.39, 0.29) is 22.3 Å². The van der Waals surface area contributed by atoms with Crippen LogP contribution in [0.5, 0.6) is 11.5 Å². The lowest BCUT2D eigenvalue weighted by Gasteiger charge is -2.46. The van der Waals surface area contributed by atoms with Crippen molar-refractivity contribution in [2.24, 2.45) is 0 Å². The van der Waals surface area contributed by atoms with Gasteiger partial charge in [0.1, 0.15) is 71.0 Å². The van der Waals surface area contributed by atoms with Crippen LogP contribution in [-0.2, 0) is 14.2 Å². The molecule has 0 spiro atoms. The van der Waals surface area contributed by atoms with Gasteiger partial charge in [-0.05, 0) is 13.8 Å². The monoisotopic (exact) mass is 546 g/mol. The molecule has 0 unspecified atom stereocenters. The minimum atomic E-state index is -1.75. The highest BCUT2D eigenvalue weighted by Crippen LogP contribution is 2.46. The molecule has 2 aliphatic rings. The highest BCUT2D eigenvalue weighted by atomic mass is 16.7. The number of fused-ring (bicyclic) bond motifs is 1. The molecule has 0 aliphatic carbocycles. The third-order valence-electron chi connectivity index (χ3n) is 7.28. The van der Waals surface area contributed by atoms with Crippen molar-refractivity contribution < 1.29 is 54.4 Å². The van der Waals surface area contributed by atoms with Gasteiger partial charge in [0.25, 0.3) is 0 Å². The van der Waals surface area contributed by atoms with Crippen molar-refractivity contribution in [3.05, 3.63) is 58.3 Å². The van der Waals surface area contributed by atoms with E-state index >= 15 is 0 Å². The zero-order valence-electron chi connectivity index (χ0n) is 21.0. The van der Waals surface area contributed by atoms with Crippen LogP contribution in [0.3, 0.4) is 0 Å². The highest BCUT2D eigenvalue weighted by molar-refractivity contribution is 5.88. The molecular weight excluding hydrogens is 516 g/mol. The molecule has 3 aromatic rings. The second kappa shape index (κ2) is 10.5. The maximum absolute atomic E-state index is 13.1. The lowest BCUT2D eigenvalue weighted by molar-refractivity contribution is -0.336. The van der Waals surface area contributed by atoms with Crippen LogP contribution in [0.4, 0.5) is 0 Å². The largest absolute Gasteiger partial charge is 0.507 e. The summed E-state index contributed by atoms with van der Waals surface area (Å²) in [6.07, 6.45) is -14.6. The Hall–Kier alpha value is -3.07. The van der Waals surface area contributed by atoms with E-state index in [2.05, 4.69) is 0 Å². The molecule has 0 amide bonds. The van der Waals surface area contributed by atoms with Gasteiger partial charge in [0.05, 0.1) is 17.8 Å². The summed E-state index contributed by atoms with van der Waals surface area (Å²) < 4.78 is 22.9. The van der Waals surface area contributed by atoms with E-state index in [9.17, 15) is 40.5 Å². The van der Waals surface area contributed by atoms with Crippen LogP contribution in [0.25, 0.3) is 22.3 Å². The standard InChI is InChI=1S/C27H30O12/c1-10-20(31)23(34)26(39-27-24(35)22(33)19(30)11(2)37-27)25(36-10)18-14(29)9-16-17(21(18)32)13(28)8-15(38-16)12-6-4-3-5-7-12/h3-11,19-20,22-27,29-35H,1-2H3/t10-,11-,19-,20+,22+,23+,24+,25+,26-,27-/m0/s1. The summed E-state index contributed by atoms with van der Waals surface area (Å²) in [5, 5.41) is 73.9. The van der Waals surface area contributed by atoms with Crippen LogP contribution in [0.1, 0.15) is 25.5 Å². The molecule has 0 bridgehead atoms. The zero-order chi connectivity index (χ0) is 28.2. The first-order valence-electron chi connectivity index (χ1n) is 12.4. The first-order chi connectivity index (χ1) is 18.5. The van der Waals surface area contributed by atoms with Gasteiger partial charge in [-0.15, -0.1) is 0 Å². The number of aromatic hydroxyl groups is 2. The summed E-state index contributed by atoms with van der Waals surface area (Å²) in [5.74, 6) is -1.04. The predicted octanol–water partition coefficient (Wildman–Crippen LogP) is 0.265. The number of phenolic OH excluding ortho intramolecular Hbond substituents is 2. The van der Waals surface area contributed by atoms with E-state index < -0.39 is 78.2 Å². The minimum Gasteiger partial charge on any atom is -0.507 e. The van der Waals surface area contributed by atoms with Crippen LogP contribution in [0.15, 0.2) is 51.7 Å². The van der Waals surface area contributed by atoms with Gasteiger partial charge >= 0.3 is 0 Å². The number of aliphatic hydroxyl groups is 5. The van der Waals surface area contributed by atoms with Crippen LogP contribution in [0, 0.1) is 0 Å². The van der Waals surface area contributed by atoms with Gasteiger partial charge in [0, 0.05) is 17.7 Å². The number of hydrogen-bond acceptors (Lipinski definition) is 12. The number of benzene rings is 2. The fraction of sp³-hybridized carbons (Fsp3) is 0.444. The molecule has 12 heteroatoms. The molecule has 3 heterocycles. The van der Waals surface area contributed by atoms with Gasteiger partial charge < -0.3 is 54.4 Å². The smallest absolute Gasteiger partial charge is 0.197 e. The van der Waals surface area contributed by atoms with E-state index in [1.165, 1.54) is 19.9 Å². The van der Waals surface area contributed by atoms with Gasteiger partial charge in [0.15, 0.2) is 11.7 Å². The zero-order valence-corrected chi connectivity index (χ0v) is 21.0. The Kier molecular flexibility index (Phi) is 7.39. The summed E-state index contributed by atoms with van der Waals surface area (Å²) in [7, 11) is 0. The second-order valence-corrected chi connectivity index (χ2v) is 9.90. The molecular formula is C27H30O12. The minimum absolute atomic E-state index is 0.112. The third kappa shape index (κ3) is 4.79. The molecule has 0 saturated carbocycles. The highest BCUT2D eigenvalue weighted by Gasteiger charge is 2.50. The summed E-state index contributed by atoms with van der Waals surface area (Å²) in [4.78, 5) is 13.1. The van der Waals surface area contributed by atoms with Crippen molar-refractivity contribution in [3.63, 3.8) is 0 Å². The van der Waals surface area contributed by atoms with E-state index in [4.69, 9.17) is 18.6 Å². The first kappa shape index (κ1) is 27.5. The lowest BCUT2D eigenvalue weighted by Crippen LogP contribution is -2.61. The normalized spacial score (nSPS) is 35.3. The van der Waals surface area contributed by atoms with Gasteiger partial charge in [0.2, 0.25) is 0 Å². The van der Waals surface area contributed by atoms with Crippen LogP contribution in [0.2, 0.25) is 0 Å². The van der Waals surface area contributed by atoms with Crippen molar-refractivity contribution in [3.8, 4) is 22.8 Å². The number of ether oxygens (including phenoxy) is 3. The molecule has 7 N–H and O–H groups in total. The van der Waals surface area contributed by atoms with E-state index in [0.717, 1.165) is 6.07 Å². The summed E-state index contributed by atoms with van der Waals surface area (Å²) in [6, 6.07) is 11.1. The Bertz CT molecular complexity index is 1390. The first-order valence-corrected chi connectivity index (χ1v) is 12.4. The molecule has 2 aliphatic heterocycles. The average Bonchev–Trinajstić information content (AvgIpc) is 2.91. The van der Waals surface area contributed by atoms with Gasteiger partial charge in [-0.2, -0.15) is 0 Å². The Morgan fingerprint density at radius 1 is 0.795 bits per heavy atom. The Balaban J connectivity index is 1.58. The fourth-order valence-corrected chi connectivity index (χ4v) is 5.03. The van der Waals surface area contributed by atoms with Gasteiger partial charge in [-0.25, -0.2) is 0 Å². The number of phenols is 2.